The van der Waals surface area contributed by atoms with Crippen LogP contribution in [0, 0.1) is 0 Å². The lowest BCUT2D eigenvalue weighted by Gasteiger charge is -2.24. The number of hydrogen-bond acceptors (Lipinski definition) is 4. The molecular weight excluding hydrogens is 208 g/mol. The molecule has 3 unspecified atom stereocenters. The fraction of sp³-hybridized carbons (Fsp3) is 0.909. The summed E-state index contributed by atoms with van der Waals surface area (Å²) in [5.41, 5.74) is 0. The molecule has 5 heteroatoms. The minimum Gasteiger partial charge on any atom is -0.381 e. The number of amides is 1. The standard InChI is InChI=1S/C11H20N2O3/c1-15-9-3-2-8(6-9)13-11(14)10-7-16-5-4-12-10/h8-10,12H,2-7H2,1H3,(H,13,14). The summed E-state index contributed by atoms with van der Waals surface area (Å²) in [5.74, 6) is 0.0569. The van der Waals surface area contributed by atoms with E-state index in [0.717, 1.165) is 25.8 Å². The van der Waals surface area contributed by atoms with Crippen LogP contribution in [0.15, 0.2) is 0 Å². The third-order valence-corrected chi connectivity index (χ3v) is 3.30. The molecule has 0 aromatic rings. The molecule has 16 heavy (non-hydrogen) atoms. The lowest BCUT2D eigenvalue weighted by molar-refractivity contribution is -0.126. The summed E-state index contributed by atoms with van der Waals surface area (Å²) < 4.78 is 10.5. The van der Waals surface area contributed by atoms with Crippen molar-refractivity contribution < 1.29 is 14.3 Å². The van der Waals surface area contributed by atoms with Crippen LogP contribution in [0.4, 0.5) is 0 Å². The van der Waals surface area contributed by atoms with Crippen molar-refractivity contribution in [3.8, 4) is 0 Å². The minimum atomic E-state index is -0.185. The van der Waals surface area contributed by atoms with Gasteiger partial charge in [-0.15, -0.1) is 0 Å². The zero-order valence-electron chi connectivity index (χ0n) is 9.70. The van der Waals surface area contributed by atoms with E-state index in [2.05, 4.69) is 10.6 Å². The van der Waals surface area contributed by atoms with E-state index < -0.39 is 0 Å². The Balaban J connectivity index is 1.74. The van der Waals surface area contributed by atoms with Crippen molar-refractivity contribution in [2.45, 2.75) is 37.5 Å². The van der Waals surface area contributed by atoms with Gasteiger partial charge in [0.15, 0.2) is 0 Å². The summed E-state index contributed by atoms with van der Waals surface area (Å²) in [7, 11) is 1.73. The number of carbonyl (C=O) groups is 1. The second-order valence-electron chi connectivity index (χ2n) is 4.46. The molecule has 2 N–H and O–H groups in total. The van der Waals surface area contributed by atoms with Gasteiger partial charge in [0.05, 0.1) is 19.3 Å². The average molecular weight is 228 g/mol. The Morgan fingerprint density at radius 2 is 2.38 bits per heavy atom. The van der Waals surface area contributed by atoms with E-state index >= 15 is 0 Å². The quantitative estimate of drug-likeness (QED) is 0.694. The largest absolute Gasteiger partial charge is 0.381 e. The summed E-state index contributed by atoms with van der Waals surface area (Å²) in [6.45, 7) is 1.93. The maximum atomic E-state index is 11.9. The van der Waals surface area contributed by atoms with Gasteiger partial charge < -0.3 is 20.1 Å². The van der Waals surface area contributed by atoms with Gasteiger partial charge in [-0.3, -0.25) is 4.79 Å². The maximum Gasteiger partial charge on any atom is 0.239 e. The minimum absolute atomic E-state index is 0.0569. The molecule has 1 amide bonds. The highest BCUT2D eigenvalue weighted by molar-refractivity contribution is 5.82. The van der Waals surface area contributed by atoms with E-state index in [1.165, 1.54) is 0 Å². The number of rotatable bonds is 3. The van der Waals surface area contributed by atoms with Crippen molar-refractivity contribution >= 4 is 5.91 Å². The molecule has 0 spiro atoms. The summed E-state index contributed by atoms with van der Waals surface area (Å²) in [6, 6.07) is 0.0801. The zero-order chi connectivity index (χ0) is 11.4. The second kappa shape index (κ2) is 5.61. The Morgan fingerprint density at radius 3 is 3.00 bits per heavy atom. The van der Waals surface area contributed by atoms with Gasteiger partial charge >= 0.3 is 0 Å². The Kier molecular flexibility index (Phi) is 4.15. The molecule has 0 aromatic heterocycles. The van der Waals surface area contributed by atoms with E-state index in [0.29, 0.717) is 19.3 Å². The number of ether oxygens (including phenoxy) is 2. The first-order valence-electron chi connectivity index (χ1n) is 5.94. The smallest absolute Gasteiger partial charge is 0.239 e. The number of methoxy groups -OCH3 is 1. The molecule has 2 rings (SSSR count). The van der Waals surface area contributed by atoms with Gasteiger partial charge in [0.2, 0.25) is 5.91 Å². The summed E-state index contributed by atoms with van der Waals surface area (Å²) in [4.78, 5) is 11.9. The molecule has 0 aromatic carbocycles. The van der Waals surface area contributed by atoms with Gasteiger partial charge in [-0.2, -0.15) is 0 Å². The third-order valence-electron chi connectivity index (χ3n) is 3.30. The predicted molar refractivity (Wildman–Crippen MR) is 59.2 cm³/mol. The van der Waals surface area contributed by atoms with Crippen molar-refractivity contribution in [2.75, 3.05) is 26.9 Å². The van der Waals surface area contributed by atoms with Crippen LogP contribution in [0.5, 0.6) is 0 Å². The highest BCUT2D eigenvalue weighted by Crippen LogP contribution is 2.21. The molecular formula is C11H20N2O3. The SMILES string of the molecule is COC1CCC(NC(=O)C2COCCN2)C1. The first-order chi connectivity index (χ1) is 7.79. The lowest BCUT2D eigenvalue weighted by Crippen LogP contribution is -2.53. The van der Waals surface area contributed by atoms with Crippen LogP contribution >= 0.6 is 0 Å². The van der Waals surface area contributed by atoms with E-state index in [1.54, 1.807) is 7.11 Å². The third kappa shape index (κ3) is 2.93. The van der Waals surface area contributed by atoms with Crippen LogP contribution < -0.4 is 10.6 Å². The molecule has 1 heterocycles. The van der Waals surface area contributed by atoms with E-state index in [1.807, 2.05) is 0 Å². The molecule has 1 aliphatic heterocycles. The van der Waals surface area contributed by atoms with Crippen LogP contribution in [-0.4, -0.2) is 51.0 Å². The first kappa shape index (κ1) is 11.8. The van der Waals surface area contributed by atoms with Crippen molar-refractivity contribution in [1.82, 2.24) is 10.6 Å². The Morgan fingerprint density at radius 1 is 1.50 bits per heavy atom. The molecule has 1 saturated carbocycles. The van der Waals surface area contributed by atoms with E-state index in [9.17, 15) is 4.79 Å². The van der Waals surface area contributed by atoms with Crippen molar-refractivity contribution in [3.63, 3.8) is 0 Å². The molecule has 5 nitrogen and oxygen atoms in total. The normalized spacial score (nSPS) is 34.9. The molecule has 0 radical (unpaired) electrons. The molecule has 0 bridgehead atoms. The van der Waals surface area contributed by atoms with Crippen LogP contribution in [-0.2, 0) is 14.3 Å². The summed E-state index contributed by atoms with van der Waals surface area (Å²) >= 11 is 0. The second-order valence-corrected chi connectivity index (χ2v) is 4.46. The lowest BCUT2D eigenvalue weighted by atomic mass is 10.2. The van der Waals surface area contributed by atoms with E-state index in [-0.39, 0.29) is 18.0 Å². The van der Waals surface area contributed by atoms with Crippen molar-refractivity contribution in [1.29, 1.82) is 0 Å². The Hall–Kier alpha value is -0.650. The topological polar surface area (TPSA) is 59.6 Å². The molecule has 2 aliphatic rings. The molecule has 3 atom stereocenters. The Bertz CT molecular complexity index is 241. The molecule has 2 fully saturated rings. The maximum absolute atomic E-state index is 11.9. The first-order valence-corrected chi connectivity index (χ1v) is 5.94. The fourth-order valence-corrected chi connectivity index (χ4v) is 2.32. The van der Waals surface area contributed by atoms with Crippen molar-refractivity contribution in [3.05, 3.63) is 0 Å². The highest BCUT2D eigenvalue weighted by atomic mass is 16.5. The number of carbonyl (C=O) groups excluding carboxylic acids is 1. The van der Waals surface area contributed by atoms with Crippen LogP contribution in [0.2, 0.25) is 0 Å². The average Bonchev–Trinajstić information content (AvgIpc) is 2.78. The molecule has 1 saturated heterocycles. The van der Waals surface area contributed by atoms with Crippen LogP contribution in [0.1, 0.15) is 19.3 Å². The summed E-state index contributed by atoms with van der Waals surface area (Å²) in [5, 5.41) is 6.20. The van der Waals surface area contributed by atoms with Crippen LogP contribution in [0.3, 0.4) is 0 Å². The monoisotopic (exact) mass is 228 g/mol. The Labute approximate surface area is 95.9 Å². The fourth-order valence-electron chi connectivity index (χ4n) is 2.32. The predicted octanol–water partition coefficient (Wildman–Crippen LogP) is -0.341. The van der Waals surface area contributed by atoms with Gasteiger partial charge in [0, 0.05) is 19.7 Å². The van der Waals surface area contributed by atoms with Crippen molar-refractivity contribution in [2.24, 2.45) is 0 Å². The highest BCUT2D eigenvalue weighted by Gasteiger charge is 2.28. The van der Waals surface area contributed by atoms with Gasteiger partial charge in [-0.1, -0.05) is 0 Å². The van der Waals surface area contributed by atoms with Gasteiger partial charge in [0.25, 0.3) is 0 Å². The molecule has 92 valence electrons. The van der Waals surface area contributed by atoms with Gasteiger partial charge in [0.1, 0.15) is 6.04 Å². The number of morpholine rings is 1. The number of nitrogens with one attached hydrogen (secondary N) is 2. The van der Waals surface area contributed by atoms with Gasteiger partial charge in [-0.05, 0) is 19.3 Å². The van der Waals surface area contributed by atoms with E-state index in [4.69, 9.17) is 9.47 Å². The summed E-state index contributed by atoms with van der Waals surface area (Å²) in [6.07, 6.45) is 3.28. The van der Waals surface area contributed by atoms with Crippen LogP contribution in [0.25, 0.3) is 0 Å². The van der Waals surface area contributed by atoms with Gasteiger partial charge in [-0.25, -0.2) is 0 Å². The molecule has 1 aliphatic carbocycles. The zero-order valence-corrected chi connectivity index (χ0v) is 9.70. The number of hydrogen-bond donors (Lipinski definition) is 2.